The molecule has 70 valence electrons. The molecule has 3 nitrogen and oxygen atoms in total. The van der Waals surface area contributed by atoms with E-state index in [9.17, 15) is 21.1 Å². The number of hydrogen-bond donors (Lipinski definition) is 0. The van der Waals surface area contributed by atoms with Crippen molar-refractivity contribution in [3.8, 4) is 0 Å². The number of nitrogens with zero attached hydrogens (tertiary/aromatic N) is 1. The lowest BCUT2D eigenvalue weighted by Gasteiger charge is -2.35. The van der Waals surface area contributed by atoms with Gasteiger partial charge in [-0.15, -0.1) is 0 Å². The Morgan fingerprint density at radius 1 is 1.25 bits per heavy atom. The van der Waals surface area contributed by atoms with E-state index in [-0.39, 0.29) is 19.5 Å². The summed E-state index contributed by atoms with van der Waals surface area (Å²) in [5.74, 6) is -2.78. The van der Waals surface area contributed by atoms with Crippen molar-refractivity contribution in [3.05, 3.63) is 0 Å². The maximum absolute atomic E-state index is 12.4. The second kappa shape index (κ2) is 1.79. The van der Waals surface area contributed by atoms with Crippen LogP contribution in [0.5, 0.6) is 0 Å². The van der Waals surface area contributed by atoms with E-state index in [1.54, 1.807) is 0 Å². The van der Waals surface area contributed by atoms with Crippen LogP contribution in [0.1, 0.15) is 6.42 Å². The SMILES string of the molecule is O=S(=O)(F)N1CC2(C1)CC2(F)F. The first-order chi connectivity index (χ1) is 5.27. The van der Waals surface area contributed by atoms with Crippen LogP contribution in [0.15, 0.2) is 0 Å². The van der Waals surface area contributed by atoms with E-state index >= 15 is 0 Å². The van der Waals surface area contributed by atoms with E-state index in [4.69, 9.17) is 0 Å². The van der Waals surface area contributed by atoms with Gasteiger partial charge in [0.2, 0.25) is 0 Å². The van der Waals surface area contributed by atoms with Crippen LogP contribution >= 0.6 is 0 Å². The average molecular weight is 201 g/mol. The Kier molecular flexibility index (Phi) is 1.24. The first kappa shape index (κ1) is 8.31. The van der Waals surface area contributed by atoms with Crippen molar-refractivity contribution in [1.29, 1.82) is 0 Å². The van der Waals surface area contributed by atoms with Gasteiger partial charge in [-0.2, -0.15) is 12.7 Å². The van der Waals surface area contributed by atoms with Gasteiger partial charge >= 0.3 is 10.4 Å². The fourth-order valence-electron chi connectivity index (χ4n) is 1.51. The molecule has 1 saturated carbocycles. The van der Waals surface area contributed by atoms with Crippen LogP contribution in [0.25, 0.3) is 0 Å². The molecule has 0 radical (unpaired) electrons. The maximum atomic E-state index is 12.4. The third kappa shape index (κ3) is 0.891. The highest BCUT2D eigenvalue weighted by Gasteiger charge is 2.77. The molecule has 2 rings (SSSR count). The molecule has 0 N–H and O–H groups in total. The van der Waals surface area contributed by atoms with E-state index in [0.717, 1.165) is 0 Å². The summed E-state index contributed by atoms with van der Waals surface area (Å²) < 4.78 is 57.7. The quantitative estimate of drug-likeness (QED) is 0.581. The molecule has 1 aliphatic heterocycles. The Bertz CT molecular complexity index is 320. The van der Waals surface area contributed by atoms with E-state index < -0.39 is 21.7 Å². The van der Waals surface area contributed by atoms with Gasteiger partial charge in [0, 0.05) is 19.5 Å². The molecule has 0 aromatic carbocycles. The van der Waals surface area contributed by atoms with Crippen molar-refractivity contribution >= 4 is 10.4 Å². The molecular weight excluding hydrogens is 195 g/mol. The lowest BCUT2D eigenvalue weighted by Crippen LogP contribution is -2.52. The van der Waals surface area contributed by atoms with Crippen LogP contribution in [0.3, 0.4) is 0 Å². The molecule has 0 bridgehead atoms. The second-order valence-corrected chi connectivity index (χ2v) is 4.71. The van der Waals surface area contributed by atoms with Crippen LogP contribution in [0.4, 0.5) is 12.7 Å². The number of hydrogen-bond acceptors (Lipinski definition) is 2. The first-order valence-electron chi connectivity index (χ1n) is 3.34. The average Bonchev–Trinajstić information content (AvgIpc) is 2.27. The van der Waals surface area contributed by atoms with Gasteiger partial charge in [-0.25, -0.2) is 8.78 Å². The highest BCUT2D eigenvalue weighted by molar-refractivity contribution is 7.84. The minimum atomic E-state index is -4.75. The molecule has 1 spiro atoms. The summed E-state index contributed by atoms with van der Waals surface area (Å²) in [6.45, 7) is -0.752. The van der Waals surface area contributed by atoms with Gasteiger partial charge in [0.1, 0.15) is 0 Å². The molecule has 12 heavy (non-hydrogen) atoms. The Morgan fingerprint density at radius 2 is 1.67 bits per heavy atom. The minimum absolute atomic E-state index is 0.313. The summed E-state index contributed by atoms with van der Waals surface area (Å²) in [7, 11) is -4.75. The number of rotatable bonds is 1. The van der Waals surface area contributed by atoms with Crippen LogP contribution in [-0.2, 0) is 10.4 Å². The summed E-state index contributed by atoms with van der Waals surface area (Å²) in [5, 5.41) is 0. The molecule has 0 aromatic heterocycles. The Hall–Kier alpha value is -0.300. The predicted octanol–water partition coefficient (Wildman–Crippen LogP) is 0.542. The van der Waals surface area contributed by atoms with E-state index in [2.05, 4.69) is 0 Å². The van der Waals surface area contributed by atoms with Crippen molar-refractivity contribution in [2.45, 2.75) is 12.3 Å². The predicted molar refractivity (Wildman–Crippen MR) is 33.6 cm³/mol. The van der Waals surface area contributed by atoms with Crippen molar-refractivity contribution in [1.82, 2.24) is 4.31 Å². The second-order valence-electron chi connectivity index (χ2n) is 3.37. The van der Waals surface area contributed by atoms with Gasteiger partial charge in [-0.3, -0.25) is 0 Å². The van der Waals surface area contributed by atoms with Gasteiger partial charge in [-0.05, 0) is 0 Å². The molecule has 0 atom stereocenters. The van der Waals surface area contributed by atoms with Crippen LogP contribution in [0, 0.1) is 5.41 Å². The maximum Gasteiger partial charge on any atom is 0.374 e. The van der Waals surface area contributed by atoms with Crippen LogP contribution in [0.2, 0.25) is 0 Å². The number of halogens is 3. The molecule has 2 fully saturated rings. The van der Waals surface area contributed by atoms with Gasteiger partial charge in [0.25, 0.3) is 5.92 Å². The molecule has 0 amide bonds. The monoisotopic (exact) mass is 201 g/mol. The molecule has 1 aliphatic carbocycles. The highest BCUT2D eigenvalue weighted by atomic mass is 32.3. The normalized spacial score (nSPS) is 31.6. The Labute approximate surface area is 67.5 Å². The van der Waals surface area contributed by atoms with Gasteiger partial charge < -0.3 is 0 Å². The lowest BCUT2D eigenvalue weighted by molar-refractivity contribution is 0.00931. The Balaban J connectivity index is 2.03. The standard InChI is InChI=1S/C5H6F3NO2S/c6-5(7)1-4(5)2-9(3-4)12(8,10)11/h1-3H2. The third-order valence-electron chi connectivity index (χ3n) is 2.48. The molecule has 7 heteroatoms. The molecular formula is C5H6F3NO2S. The van der Waals surface area contributed by atoms with Crippen molar-refractivity contribution in [2.75, 3.05) is 13.1 Å². The van der Waals surface area contributed by atoms with Crippen LogP contribution < -0.4 is 0 Å². The van der Waals surface area contributed by atoms with Gasteiger partial charge in [0.05, 0.1) is 5.41 Å². The molecule has 0 unspecified atom stereocenters. The summed E-state index contributed by atoms with van der Waals surface area (Å²) in [6.07, 6.45) is -0.313. The lowest BCUT2D eigenvalue weighted by atomic mass is 10.00. The van der Waals surface area contributed by atoms with Crippen molar-refractivity contribution in [3.63, 3.8) is 0 Å². The van der Waals surface area contributed by atoms with Crippen molar-refractivity contribution in [2.24, 2.45) is 5.41 Å². The van der Waals surface area contributed by atoms with Gasteiger partial charge in [-0.1, -0.05) is 3.89 Å². The topological polar surface area (TPSA) is 37.4 Å². The van der Waals surface area contributed by atoms with Crippen molar-refractivity contribution < 1.29 is 21.1 Å². The fourth-order valence-corrected chi connectivity index (χ4v) is 2.31. The number of alkyl halides is 2. The zero-order valence-electron chi connectivity index (χ0n) is 5.93. The molecule has 1 heterocycles. The smallest absolute Gasteiger partial charge is 0.206 e. The summed E-state index contributed by atoms with van der Waals surface area (Å²) >= 11 is 0. The molecule has 1 saturated heterocycles. The summed E-state index contributed by atoms with van der Waals surface area (Å²) in [5.41, 5.74) is -1.23. The zero-order chi connectivity index (χ0) is 9.20. The fraction of sp³-hybridized carbons (Fsp3) is 1.00. The minimum Gasteiger partial charge on any atom is -0.206 e. The first-order valence-corrected chi connectivity index (χ1v) is 4.69. The van der Waals surface area contributed by atoms with Gasteiger partial charge in [0.15, 0.2) is 0 Å². The van der Waals surface area contributed by atoms with Crippen LogP contribution in [-0.4, -0.2) is 31.7 Å². The largest absolute Gasteiger partial charge is 0.374 e. The van der Waals surface area contributed by atoms with E-state index in [1.165, 1.54) is 0 Å². The summed E-state index contributed by atoms with van der Waals surface area (Å²) in [6, 6.07) is 0. The van der Waals surface area contributed by atoms with E-state index in [0.29, 0.717) is 4.31 Å². The highest BCUT2D eigenvalue weighted by Crippen LogP contribution is 2.65. The molecule has 0 aromatic rings. The Morgan fingerprint density at radius 3 is 1.92 bits per heavy atom. The molecule has 2 aliphatic rings. The van der Waals surface area contributed by atoms with E-state index in [1.807, 2.05) is 0 Å². The zero-order valence-corrected chi connectivity index (χ0v) is 6.74. The summed E-state index contributed by atoms with van der Waals surface area (Å²) in [4.78, 5) is 0. The third-order valence-corrected chi connectivity index (χ3v) is 3.35.